The molecule has 0 aliphatic heterocycles. The summed E-state index contributed by atoms with van der Waals surface area (Å²) in [4.78, 5) is 4.31. The van der Waals surface area contributed by atoms with E-state index in [-0.39, 0.29) is 0 Å². The molecule has 90 valence electrons. The molecule has 0 unspecified atom stereocenters. The molecule has 0 atom stereocenters. The number of aryl methyl sites for hydroxylation is 1. The van der Waals surface area contributed by atoms with Gasteiger partial charge in [-0.1, -0.05) is 19.8 Å². The van der Waals surface area contributed by atoms with Crippen LogP contribution in [-0.4, -0.2) is 11.6 Å². The smallest absolute Gasteiger partial charge is 0.142 e. The van der Waals surface area contributed by atoms with E-state index in [1.54, 1.807) is 6.20 Å². The molecule has 1 aromatic rings. The minimum absolute atomic E-state index is 0.512. The topological polar surface area (TPSA) is 48.1 Å². The van der Waals surface area contributed by atoms with Crippen LogP contribution in [0.2, 0.25) is 0 Å². The van der Waals surface area contributed by atoms with E-state index in [1.807, 2.05) is 13.8 Å². The predicted molar refractivity (Wildman–Crippen MR) is 66.6 cm³/mol. The highest BCUT2D eigenvalue weighted by Gasteiger charge is 2.08. The van der Waals surface area contributed by atoms with E-state index in [2.05, 4.69) is 11.9 Å². The molecule has 0 aliphatic rings. The number of hydrogen-bond donors (Lipinski definition) is 1. The molecule has 0 aromatic carbocycles. The van der Waals surface area contributed by atoms with Crippen LogP contribution in [0, 0.1) is 13.8 Å². The maximum absolute atomic E-state index is 5.74. The van der Waals surface area contributed by atoms with Gasteiger partial charge in [-0.15, -0.1) is 0 Å². The number of nitrogens with two attached hydrogens (primary N) is 1. The van der Waals surface area contributed by atoms with Crippen molar-refractivity contribution in [3.63, 3.8) is 0 Å². The first-order valence-corrected chi connectivity index (χ1v) is 5.98. The van der Waals surface area contributed by atoms with Crippen molar-refractivity contribution in [3.8, 4) is 5.75 Å². The molecule has 2 N–H and O–H groups in total. The summed E-state index contributed by atoms with van der Waals surface area (Å²) in [6.45, 7) is 7.49. The highest BCUT2D eigenvalue weighted by molar-refractivity contribution is 5.39. The quantitative estimate of drug-likeness (QED) is 0.753. The highest BCUT2D eigenvalue weighted by atomic mass is 16.5. The Balaban J connectivity index is 2.68. The van der Waals surface area contributed by atoms with Crippen LogP contribution in [0.1, 0.15) is 43.0 Å². The first kappa shape index (κ1) is 13.0. The van der Waals surface area contributed by atoms with Crippen molar-refractivity contribution in [3.05, 3.63) is 23.0 Å². The van der Waals surface area contributed by atoms with Crippen LogP contribution in [0.4, 0.5) is 0 Å². The Kier molecular flexibility index (Phi) is 5.26. The van der Waals surface area contributed by atoms with Gasteiger partial charge >= 0.3 is 0 Å². The summed E-state index contributed by atoms with van der Waals surface area (Å²) in [6, 6.07) is 0. The number of pyridine rings is 1. The Morgan fingerprint density at radius 1 is 1.31 bits per heavy atom. The van der Waals surface area contributed by atoms with Gasteiger partial charge in [0, 0.05) is 17.8 Å². The Labute approximate surface area is 98.0 Å². The molecule has 0 saturated heterocycles. The van der Waals surface area contributed by atoms with Gasteiger partial charge in [-0.3, -0.25) is 4.98 Å². The van der Waals surface area contributed by atoms with Gasteiger partial charge in [-0.05, 0) is 25.8 Å². The minimum Gasteiger partial charge on any atom is -0.492 e. The molecular weight excluding hydrogens is 200 g/mol. The summed E-state index contributed by atoms with van der Waals surface area (Å²) in [7, 11) is 0. The van der Waals surface area contributed by atoms with Gasteiger partial charge in [0.05, 0.1) is 12.8 Å². The molecule has 1 rings (SSSR count). The molecule has 0 spiro atoms. The largest absolute Gasteiger partial charge is 0.492 e. The number of aromatic nitrogens is 1. The number of unbranched alkanes of at least 4 members (excludes halogenated alkanes) is 2. The zero-order chi connectivity index (χ0) is 12.0. The van der Waals surface area contributed by atoms with Crippen molar-refractivity contribution in [1.82, 2.24) is 4.98 Å². The first-order chi connectivity index (χ1) is 7.70. The maximum Gasteiger partial charge on any atom is 0.142 e. The Hall–Kier alpha value is -1.09. The van der Waals surface area contributed by atoms with Gasteiger partial charge in [0.2, 0.25) is 0 Å². The van der Waals surface area contributed by atoms with Gasteiger partial charge in [0.15, 0.2) is 0 Å². The van der Waals surface area contributed by atoms with E-state index in [9.17, 15) is 0 Å². The lowest BCUT2D eigenvalue weighted by Gasteiger charge is -2.13. The van der Waals surface area contributed by atoms with E-state index in [4.69, 9.17) is 10.5 Å². The van der Waals surface area contributed by atoms with Gasteiger partial charge < -0.3 is 10.5 Å². The third kappa shape index (κ3) is 3.20. The fourth-order valence-electron chi connectivity index (χ4n) is 1.65. The third-order valence-corrected chi connectivity index (χ3v) is 2.88. The predicted octanol–water partition coefficient (Wildman–Crippen LogP) is 2.73. The van der Waals surface area contributed by atoms with E-state index >= 15 is 0 Å². The van der Waals surface area contributed by atoms with Crippen LogP contribution in [0.3, 0.4) is 0 Å². The van der Waals surface area contributed by atoms with Gasteiger partial charge in [-0.2, -0.15) is 0 Å². The van der Waals surface area contributed by atoms with E-state index in [0.29, 0.717) is 6.54 Å². The number of rotatable bonds is 6. The van der Waals surface area contributed by atoms with Crippen molar-refractivity contribution in [2.75, 3.05) is 6.61 Å². The van der Waals surface area contributed by atoms with Crippen LogP contribution in [0.15, 0.2) is 6.20 Å². The SMILES string of the molecule is CCCCCOc1cnc(C)c(C)c1CN. The van der Waals surface area contributed by atoms with Crippen LogP contribution in [0.25, 0.3) is 0 Å². The second-order valence-electron chi connectivity index (χ2n) is 4.07. The van der Waals surface area contributed by atoms with Crippen LogP contribution in [-0.2, 0) is 6.54 Å². The molecule has 0 saturated carbocycles. The normalized spacial score (nSPS) is 10.5. The number of ether oxygens (including phenoxy) is 1. The molecule has 1 aromatic heterocycles. The van der Waals surface area contributed by atoms with E-state index in [0.717, 1.165) is 35.6 Å². The molecule has 0 fully saturated rings. The van der Waals surface area contributed by atoms with Crippen LogP contribution < -0.4 is 10.5 Å². The van der Waals surface area contributed by atoms with Gasteiger partial charge in [-0.25, -0.2) is 0 Å². The minimum atomic E-state index is 0.512. The average Bonchev–Trinajstić information content (AvgIpc) is 2.29. The highest BCUT2D eigenvalue weighted by Crippen LogP contribution is 2.22. The molecule has 1 heterocycles. The molecule has 0 radical (unpaired) electrons. The molecule has 3 heteroatoms. The van der Waals surface area contributed by atoms with Gasteiger partial charge in [0.1, 0.15) is 5.75 Å². The van der Waals surface area contributed by atoms with E-state index < -0.39 is 0 Å². The van der Waals surface area contributed by atoms with Crippen molar-refractivity contribution >= 4 is 0 Å². The second kappa shape index (κ2) is 6.48. The summed E-state index contributed by atoms with van der Waals surface area (Å²) in [5, 5.41) is 0. The van der Waals surface area contributed by atoms with Crippen molar-refractivity contribution < 1.29 is 4.74 Å². The van der Waals surface area contributed by atoms with Crippen molar-refractivity contribution in [1.29, 1.82) is 0 Å². The summed E-state index contributed by atoms with van der Waals surface area (Å²) in [5.41, 5.74) is 9.01. The molecule has 16 heavy (non-hydrogen) atoms. The number of nitrogens with zero attached hydrogens (tertiary/aromatic N) is 1. The van der Waals surface area contributed by atoms with Gasteiger partial charge in [0.25, 0.3) is 0 Å². The standard InChI is InChI=1S/C13H22N2O/c1-4-5-6-7-16-13-9-15-11(3)10(2)12(13)8-14/h9H,4-8,14H2,1-3H3. The third-order valence-electron chi connectivity index (χ3n) is 2.88. The fraction of sp³-hybridized carbons (Fsp3) is 0.615. The zero-order valence-corrected chi connectivity index (χ0v) is 10.5. The Bertz CT molecular complexity index is 337. The monoisotopic (exact) mass is 222 g/mol. The lowest BCUT2D eigenvalue weighted by Crippen LogP contribution is -2.07. The molecule has 0 bridgehead atoms. The zero-order valence-electron chi connectivity index (χ0n) is 10.5. The van der Waals surface area contributed by atoms with Crippen LogP contribution >= 0.6 is 0 Å². The van der Waals surface area contributed by atoms with Crippen molar-refractivity contribution in [2.45, 2.75) is 46.6 Å². The molecule has 0 amide bonds. The Morgan fingerprint density at radius 3 is 2.69 bits per heavy atom. The molecule has 0 aliphatic carbocycles. The maximum atomic E-state index is 5.74. The molecular formula is C13H22N2O. The molecule has 3 nitrogen and oxygen atoms in total. The summed E-state index contributed by atoms with van der Waals surface area (Å²) < 4.78 is 5.72. The summed E-state index contributed by atoms with van der Waals surface area (Å²) in [6.07, 6.45) is 5.29. The lowest BCUT2D eigenvalue weighted by atomic mass is 10.1. The fourth-order valence-corrected chi connectivity index (χ4v) is 1.65. The second-order valence-corrected chi connectivity index (χ2v) is 4.07. The van der Waals surface area contributed by atoms with Crippen molar-refractivity contribution in [2.24, 2.45) is 5.73 Å². The van der Waals surface area contributed by atoms with E-state index in [1.165, 1.54) is 12.8 Å². The Morgan fingerprint density at radius 2 is 2.06 bits per heavy atom. The summed E-state index contributed by atoms with van der Waals surface area (Å²) in [5.74, 6) is 0.849. The number of hydrogen-bond acceptors (Lipinski definition) is 3. The lowest BCUT2D eigenvalue weighted by molar-refractivity contribution is 0.301. The first-order valence-electron chi connectivity index (χ1n) is 5.98. The summed E-state index contributed by atoms with van der Waals surface area (Å²) >= 11 is 0. The van der Waals surface area contributed by atoms with Crippen LogP contribution in [0.5, 0.6) is 5.75 Å². The average molecular weight is 222 g/mol.